The number of nitrogens with two attached hydrogens (primary N) is 2. The van der Waals surface area contributed by atoms with Crippen LogP contribution in [0, 0.1) is 17.8 Å². The van der Waals surface area contributed by atoms with Crippen LogP contribution in [0.1, 0.15) is 150 Å². The summed E-state index contributed by atoms with van der Waals surface area (Å²) in [5, 5.41) is 36.4. The molecule has 0 unspecified atom stereocenters. The first-order valence-electron chi connectivity index (χ1n) is 36.3. The number of carboxylic acids is 1. The number of nitrogens with zero attached hydrogens (tertiary/aromatic N) is 2. The minimum Gasteiger partial charge on any atom is -0.542 e. The van der Waals surface area contributed by atoms with E-state index in [1.807, 2.05) is 31.2 Å². The fraction of sp³-hybridized carbons (Fsp3) is 0.597. The van der Waals surface area contributed by atoms with Gasteiger partial charge in [-0.05, 0) is 113 Å². The lowest BCUT2D eigenvalue weighted by Gasteiger charge is -2.33. The van der Waals surface area contributed by atoms with Crippen LogP contribution in [0.3, 0.4) is 0 Å². The first-order valence-corrected chi connectivity index (χ1v) is 36.9. The van der Waals surface area contributed by atoms with Crippen LogP contribution in [0.4, 0.5) is 13.2 Å². The van der Waals surface area contributed by atoms with Crippen LogP contribution in [-0.4, -0.2) is 208 Å². The third kappa shape index (κ3) is 28.7. The molecule has 0 aliphatic carbocycles. The van der Waals surface area contributed by atoms with Gasteiger partial charge in [-0.25, -0.2) is 0 Å². The lowest BCUT2D eigenvalue weighted by Crippen LogP contribution is -2.61. The van der Waals surface area contributed by atoms with Crippen molar-refractivity contribution in [2.75, 3.05) is 25.4 Å². The number of para-hydroxylation sites is 1. The number of quaternary nitrogens is 1. The number of rotatable bonds is 40. The number of thiol groups is 1. The normalized spacial score (nSPS) is 17.2. The summed E-state index contributed by atoms with van der Waals surface area (Å²) in [6, 6.07) is 1.56. The lowest BCUT2D eigenvalue weighted by molar-refractivity contribution is -0.368. The molecule has 2 aliphatic rings. The molecule has 18 N–H and O–H groups in total. The molecule has 598 valence electrons. The number of halogens is 3. The molecule has 3 aromatic rings. The highest BCUT2D eigenvalue weighted by molar-refractivity contribution is 7.80. The van der Waals surface area contributed by atoms with E-state index in [0.717, 1.165) is 16.5 Å². The summed E-state index contributed by atoms with van der Waals surface area (Å²) in [4.78, 5) is 208. The molecule has 5 rings (SSSR count). The second-order valence-corrected chi connectivity index (χ2v) is 28.4. The summed E-state index contributed by atoms with van der Waals surface area (Å²) in [7, 11) is 0. The van der Waals surface area contributed by atoms with Gasteiger partial charge in [-0.3, -0.25) is 67.1 Å². The van der Waals surface area contributed by atoms with Gasteiger partial charge in [-0.2, -0.15) is 25.8 Å². The van der Waals surface area contributed by atoms with Crippen LogP contribution in [0.25, 0.3) is 10.9 Å². The molecule has 2 fully saturated rings. The van der Waals surface area contributed by atoms with Crippen molar-refractivity contribution < 1.29 is 95.9 Å². The van der Waals surface area contributed by atoms with E-state index in [4.69, 9.17) is 21.4 Å². The maximum absolute atomic E-state index is 14.7. The predicted molar refractivity (Wildman–Crippen MR) is 390 cm³/mol. The highest BCUT2D eigenvalue weighted by atomic mass is 32.1. The number of alkyl halides is 3. The number of unbranched alkanes of at least 4 members (excludes halogenated alkanes) is 1. The van der Waals surface area contributed by atoms with E-state index in [1.165, 1.54) is 30.6 Å². The number of hydrogen-bond donors (Lipinski definition) is 15. The standard InChI is InChI=1S/C70H106N16O14S.C2HF3O2/c1-10-40(6)58(59(73)89)84-66(96)53(35-45-36-74-47-23-15-14-22-46(45)47)82-68(98)55-25-18-30-85(55)70(100)56-26-19-31-86(56)69(99)42(8)76-63(93)52(34-44-20-12-11-13-21-44)81-61(91)48(24-16-17-29-71)77-62(92)49(27-28-57(72)88)78-64(94)50(32-38(2)3)79-65(95)51(33-39(4)5)80-67(97)54(37-101)83-60(90)41(7)75-43(9)87;3-2(4,5)1(6)7/h11-15,20-23,36,38-42,48-56,58,74,101H,10,16-19,24-35,37,71H2,1-9H3,(H2,72,88)(H2,73,89)(H,75,87)(H,76,93)(H,77,92)(H,78,94)(H,79,95)(H,80,97)(H,81,91)(H,82,98)(H,83,90)(H,84,96);(H,6,7)/t40-,41-,42-,48-,49-,50-,51-,52-,53-,54-,55-,56-,58-;/m0./s1. The molecule has 0 saturated carbocycles. The number of aliphatic carboxylic acids is 1. The highest BCUT2D eigenvalue weighted by Crippen LogP contribution is 2.27. The number of carboxylic acid groups (broad SMARTS) is 1. The Hall–Kier alpha value is -9.87. The maximum Gasteiger partial charge on any atom is 0.430 e. The Morgan fingerprint density at radius 1 is 0.583 bits per heavy atom. The number of nitrogens with one attached hydrogen (secondary N) is 11. The minimum absolute atomic E-state index is 0.0137. The van der Waals surface area contributed by atoms with Crippen LogP contribution >= 0.6 is 12.6 Å². The van der Waals surface area contributed by atoms with Crippen molar-refractivity contribution in [2.45, 2.75) is 231 Å². The van der Waals surface area contributed by atoms with Gasteiger partial charge in [0.05, 0.1) is 6.54 Å². The molecule has 36 heteroatoms. The quantitative estimate of drug-likeness (QED) is 0.0225. The van der Waals surface area contributed by atoms with Crippen molar-refractivity contribution in [3.63, 3.8) is 0 Å². The van der Waals surface area contributed by atoms with Gasteiger partial charge in [-0.1, -0.05) is 96.5 Å². The smallest absolute Gasteiger partial charge is 0.430 e. The number of fused-ring (bicyclic) bond motifs is 1. The fourth-order valence-electron chi connectivity index (χ4n) is 12.4. The van der Waals surface area contributed by atoms with E-state index in [-0.39, 0.29) is 88.0 Å². The van der Waals surface area contributed by atoms with Crippen LogP contribution in [0.5, 0.6) is 0 Å². The topological polar surface area (TPSA) is 501 Å². The summed E-state index contributed by atoms with van der Waals surface area (Å²) in [5.41, 5.74) is 17.3. The van der Waals surface area contributed by atoms with Gasteiger partial charge in [0.25, 0.3) is 0 Å². The maximum atomic E-state index is 14.7. The van der Waals surface area contributed by atoms with Gasteiger partial charge in [0.15, 0.2) is 0 Å². The average molecular weight is 1540 g/mol. The van der Waals surface area contributed by atoms with Crippen LogP contribution in [0.15, 0.2) is 60.8 Å². The second kappa shape index (κ2) is 43.8. The molecule has 0 spiro atoms. The molecule has 2 aromatic carbocycles. The molecule has 14 amide bonds. The Bertz CT molecular complexity index is 3620. The van der Waals surface area contributed by atoms with E-state index in [2.05, 4.69) is 76.5 Å². The Morgan fingerprint density at radius 3 is 1.59 bits per heavy atom. The number of carbonyl (C=O) groups excluding carboxylic acids is 15. The molecular formula is C72H107F3N16O16S. The number of benzene rings is 2. The summed E-state index contributed by atoms with van der Waals surface area (Å²) in [6.07, 6.45) is -1.38. The number of hydrogen-bond acceptors (Lipinski definition) is 17. The SMILES string of the molecule is CC[C@H](C)[C@H](NC(=O)[C@H](Cc1c[nH]c2ccccc12)NC(=O)[C@@H]1CCCN1C(=O)[C@@H]1CCCN1C(=O)[C@H](C)NC(=O)[C@H](Cc1ccccc1)NC(=O)[C@H](CCCC[NH3+])NC(=O)[C@H](CCC(N)=O)NC(=O)[C@H](CC(C)C)NC(=O)[C@H](CC(C)C)NC(=O)[C@H](CS)NC(=O)[C@H](C)NC(C)=O)C(N)=O.O=C([O-])C(F)(F)F. The van der Waals surface area contributed by atoms with Crippen LogP contribution in [0.2, 0.25) is 0 Å². The third-order valence-electron chi connectivity index (χ3n) is 18.3. The van der Waals surface area contributed by atoms with E-state index < -0.39 is 174 Å². The van der Waals surface area contributed by atoms with Crippen molar-refractivity contribution in [1.82, 2.24) is 68.0 Å². The van der Waals surface area contributed by atoms with E-state index >= 15 is 0 Å². The van der Waals surface area contributed by atoms with Crippen molar-refractivity contribution in [3.8, 4) is 0 Å². The Kier molecular flexibility index (Phi) is 36.7. The highest BCUT2D eigenvalue weighted by Gasteiger charge is 2.45. The number of amides is 14. The van der Waals surface area contributed by atoms with E-state index in [0.29, 0.717) is 44.2 Å². The number of likely N-dealkylation sites (tertiary alicyclic amines) is 2. The molecule has 0 radical (unpaired) electrons. The Morgan fingerprint density at radius 2 is 1.06 bits per heavy atom. The third-order valence-corrected chi connectivity index (χ3v) is 18.7. The van der Waals surface area contributed by atoms with Gasteiger partial charge in [-0.15, -0.1) is 0 Å². The van der Waals surface area contributed by atoms with Gasteiger partial charge in [0.1, 0.15) is 78.5 Å². The van der Waals surface area contributed by atoms with Gasteiger partial charge < -0.3 is 95.1 Å². The van der Waals surface area contributed by atoms with Crippen molar-refractivity contribution in [3.05, 3.63) is 71.9 Å². The molecule has 1 aromatic heterocycles. The second-order valence-electron chi connectivity index (χ2n) is 28.1. The molecule has 108 heavy (non-hydrogen) atoms. The summed E-state index contributed by atoms with van der Waals surface area (Å²) >= 11 is 4.23. The van der Waals surface area contributed by atoms with Gasteiger partial charge >= 0.3 is 6.18 Å². The molecule has 3 heterocycles. The Labute approximate surface area is 630 Å². The first kappa shape index (κ1) is 90.5. The molecule has 2 saturated heterocycles. The first-order chi connectivity index (χ1) is 50.8. The van der Waals surface area contributed by atoms with Crippen molar-refractivity contribution >= 4 is 112 Å². The molecule has 2 aliphatic heterocycles. The molecule has 13 atom stereocenters. The van der Waals surface area contributed by atoms with E-state index in [1.54, 1.807) is 71.1 Å². The average Bonchev–Trinajstić information content (AvgIpc) is 1.63. The van der Waals surface area contributed by atoms with E-state index in [9.17, 15) is 80.3 Å². The largest absolute Gasteiger partial charge is 0.542 e. The summed E-state index contributed by atoms with van der Waals surface area (Å²) < 4.78 is 31.5. The van der Waals surface area contributed by atoms with Gasteiger partial charge in [0, 0.05) is 62.1 Å². The van der Waals surface area contributed by atoms with Crippen LogP contribution < -0.4 is 75.5 Å². The predicted octanol–water partition coefficient (Wildman–Crippen LogP) is -1.63. The fourth-order valence-corrected chi connectivity index (χ4v) is 12.7. The number of aromatic nitrogens is 1. The Balaban J connectivity index is 0.00000334. The van der Waals surface area contributed by atoms with Crippen molar-refractivity contribution in [2.24, 2.45) is 29.2 Å². The zero-order valence-electron chi connectivity index (χ0n) is 62.5. The number of aromatic amines is 1. The number of H-pyrrole nitrogens is 1. The molecule has 32 nitrogen and oxygen atoms in total. The lowest BCUT2D eigenvalue weighted by atomic mass is 9.97. The summed E-state index contributed by atoms with van der Waals surface area (Å²) in [6.45, 7) is 15.7. The van der Waals surface area contributed by atoms with Crippen LogP contribution in [-0.2, 0) is 84.8 Å². The molecule has 0 bridgehead atoms. The zero-order valence-corrected chi connectivity index (χ0v) is 63.4. The minimum atomic E-state index is -5.19. The zero-order chi connectivity index (χ0) is 80.9. The van der Waals surface area contributed by atoms with Gasteiger partial charge in [0.2, 0.25) is 82.7 Å². The van der Waals surface area contributed by atoms with Crippen molar-refractivity contribution in [1.29, 1.82) is 0 Å². The monoisotopic (exact) mass is 1540 g/mol. The number of carbonyl (C=O) groups is 15. The summed E-state index contributed by atoms with van der Waals surface area (Å²) in [5.74, 6) is -13.9. The molecular weight excluding hydrogens is 1430 g/mol. The number of primary amides is 2.